The Balaban J connectivity index is 4.23. The first kappa shape index (κ1) is 56.4. The van der Waals surface area contributed by atoms with Crippen molar-refractivity contribution in [1.82, 2.24) is 0 Å². The fourth-order valence-corrected chi connectivity index (χ4v) is 7.86. The molecule has 1 atom stereocenters. The van der Waals surface area contributed by atoms with E-state index in [2.05, 4.69) is 27.7 Å². The molecular weight excluding hydrogens is 721 g/mol. The Bertz CT molecular complexity index is 872. The first-order valence-corrected chi connectivity index (χ1v) is 25.9. The Kier molecular flexibility index (Phi) is 45.2. The fraction of sp³-hybridized carbons (Fsp3) is 0.942. The van der Waals surface area contributed by atoms with Gasteiger partial charge in [0.1, 0.15) is 13.2 Å². The number of unbranched alkanes of at least 4 members (excludes halogenated alkanes) is 34. The van der Waals surface area contributed by atoms with E-state index in [0.29, 0.717) is 19.3 Å². The lowest BCUT2D eigenvalue weighted by atomic mass is 10.0. The lowest BCUT2D eigenvalue weighted by molar-refractivity contribution is -0.167. The first-order chi connectivity index (χ1) is 28.4. The van der Waals surface area contributed by atoms with Crippen LogP contribution in [-0.2, 0) is 28.6 Å². The van der Waals surface area contributed by atoms with E-state index in [0.717, 1.165) is 63.7 Å². The van der Waals surface area contributed by atoms with Gasteiger partial charge in [-0.3, -0.25) is 14.4 Å². The van der Waals surface area contributed by atoms with Crippen LogP contribution in [0.1, 0.15) is 291 Å². The number of ether oxygens (including phenoxy) is 3. The van der Waals surface area contributed by atoms with Crippen LogP contribution in [0, 0.1) is 5.92 Å². The molecular formula is C52H100O6. The summed E-state index contributed by atoms with van der Waals surface area (Å²) in [6.07, 6.45) is 48.1. The second-order valence-corrected chi connectivity index (χ2v) is 18.3. The van der Waals surface area contributed by atoms with E-state index in [4.69, 9.17) is 14.2 Å². The summed E-state index contributed by atoms with van der Waals surface area (Å²) in [6, 6.07) is 0. The quantitative estimate of drug-likeness (QED) is 0.0346. The van der Waals surface area contributed by atoms with Crippen molar-refractivity contribution in [3.8, 4) is 0 Å². The van der Waals surface area contributed by atoms with Gasteiger partial charge in [0.25, 0.3) is 0 Å². The van der Waals surface area contributed by atoms with Gasteiger partial charge in [0.05, 0.1) is 0 Å². The minimum absolute atomic E-state index is 0.0636. The van der Waals surface area contributed by atoms with Crippen LogP contribution in [-0.4, -0.2) is 37.2 Å². The van der Waals surface area contributed by atoms with E-state index in [-0.39, 0.29) is 31.1 Å². The average molecular weight is 821 g/mol. The molecule has 0 aromatic rings. The molecule has 0 saturated heterocycles. The van der Waals surface area contributed by atoms with Gasteiger partial charge in [-0.2, -0.15) is 0 Å². The minimum Gasteiger partial charge on any atom is -0.462 e. The predicted octanol–water partition coefficient (Wildman–Crippen LogP) is 16.7. The molecule has 0 radical (unpaired) electrons. The summed E-state index contributed by atoms with van der Waals surface area (Å²) in [5, 5.41) is 0. The molecule has 0 amide bonds. The third kappa shape index (κ3) is 45.5. The van der Waals surface area contributed by atoms with Crippen molar-refractivity contribution < 1.29 is 28.6 Å². The van der Waals surface area contributed by atoms with Crippen molar-refractivity contribution in [1.29, 1.82) is 0 Å². The van der Waals surface area contributed by atoms with Gasteiger partial charge >= 0.3 is 17.9 Å². The van der Waals surface area contributed by atoms with Crippen LogP contribution in [0.15, 0.2) is 0 Å². The van der Waals surface area contributed by atoms with Crippen molar-refractivity contribution in [3.05, 3.63) is 0 Å². The molecule has 58 heavy (non-hydrogen) atoms. The minimum atomic E-state index is -0.761. The molecule has 6 heteroatoms. The van der Waals surface area contributed by atoms with Gasteiger partial charge in [0.2, 0.25) is 0 Å². The lowest BCUT2D eigenvalue weighted by Crippen LogP contribution is -2.30. The zero-order valence-electron chi connectivity index (χ0n) is 39.5. The summed E-state index contributed by atoms with van der Waals surface area (Å²) in [7, 11) is 0. The summed E-state index contributed by atoms with van der Waals surface area (Å²) in [4.78, 5) is 37.9. The third-order valence-electron chi connectivity index (χ3n) is 11.8. The fourth-order valence-electron chi connectivity index (χ4n) is 7.86. The number of esters is 3. The molecule has 0 bridgehead atoms. The molecule has 0 unspecified atom stereocenters. The zero-order valence-corrected chi connectivity index (χ0v) is 39.5. The highest BCUT2D eigenvalue weighted by Crippen LogP contribution is 2.17. The van der Waals surface area contributed by atoms with Crippen LogP contribution in [0.3, 0.4) is 0 Å². The molecule has 0 aliphatic carbocycles. The van der Waals surface area contributed by atoms with Gasteiger partial charge in [-0.25, -0.2) is 0 Å². The first-order valence-electron chi connectivity index (χ1n) is 25.9. The van der Waals surface area contributed by atoms with Crippen LogP contribution in [0.2, 0.25) is 0 Å². The second kappa shape index (κ2) is 46.5. The maximum Gasteiger partial charge on any atom is 0.306 e. The van der Waals surface area contributed by atoms with E-state index in [1.807, 2.05) is 0 Å². The zero-order chi connectivity index (χ0) is 42.4. The van der Waals surface area contributed by atoms with E-state index in [1.54, 1.807) is 0 Å². The van der Waals surface area contributed by atoms with Crippen LogP contribution in [0.25, 0.3) is 0 Å². The normalized spacial score (nSPS) is 11.9. The van der Waals surface area contributed by atoms with E-state index < -0.39 is 6.10 Å². The van der Waals surface area contributed by atoms with Crippen molar-refractivity contribution in [3.63, 3.8) is 0 Å². The molecule has 0 N–H and O–H groups in total. The standard InChI is InChI=1S/C52H100O6/c1-5-7-9-11-13-15-17-19-20-21-22-23-24-26-28-32-36-40-44-51(54)57-47-49(58-52(55)45-41-37-33-29-30-34-38-42-48(3)4)46-56-50(53)43-39-35-31-27-25-18-16-14-12-10-8-6-2/h48-49H,5-47H2,1-4H3/t49-/m1/s1. The van der Waals surface area contributed by atoms with E-state index >= 15 is 0 Å². The summed E-state index contributed by atoms with van der Waals surface area (Å²) in [5.74, 6) is -0.0709. The molecule has 0 aromatic heterocycles. The van der Waals surface area contributed by atoms with Crippen molar-refractivity contribution in [2.75, 3.05) is 13.2 Å². The van der Waals surface area contributed by atoms with E-state index in [9.17, 15) is 14.4 Å². The topological polar surface area (TPSA) is 78.9 Å². The van der Waals surface area contributed by atoms with Gasteiger partial charge in [0.15, 0.2) is 6.10 Å². The number of carbonyl (C=O) groups is 3. The maximum atomic E-state index is 12.7. The van der Waals surface area contributed by atoms with Gasteiger partial charge < -0.3 is 14.2 Å². The molecule has 0 fully saturated rings. The number of hydrogen-bond acceptors (Lipinski definition) is 6. The van der Waals surface area contributed by atoms with Crippen molar-refractivity contribution >= 4 is 17.9 Å². The molecule has 344 valence electrons. The van der Waals surface area contributed by atoms with Crippen LogP contribution in [0.5, 0.6) is 0 Å². The van der Waals surface area contributed by atoms with Crippen LogP contribution >= 0.6 is 0 Å². The predicted molar refractivity (Wildman–Crippen MR) is 247 cm³/mol. The van der Waals surface area contributed by atoms with Crippen LogP contribution in [0.4, 0.5) is 0 Å². The smallest absolute Gasteiger partial charge is 0.306 e. The molecule has 6 nitrogen and oxygen atoms in total. The molecule has 0 aliphatic rings. The Morgan fingerprint density at radius 3 is 0.845 bits per heavy atom. The van der Waals surface area contributed by atoms with Gasteiger partial charge in [-0.05, 0) is 25.2 Å². The van der Waals surface area contributed by atoms with Gasteiger partial charge in [-0.15, -0.1) is 0 Å². The summed E-state index contributed by atoms with van der Waals surface area (Å²) >= 11 is 0. The molecule has 0 heterocycles. The molecule has 0 aliphatic heterocycles. The third-order valence-corrected chi connectivity index (χ3v) is 11.8. The Morgan fingerprint density at radius 1 is 0.328 bits per heavy atom. The largest absolute Gasteiger partial charge is 0.462 e. The van der Waals surface area contributed by atoms with Crippen LogP contribution < -0.4 is 0 Å². The monoisotopic (exact) mass is 821 g/mol. The lowest BCUT2D eigenvalue weighted by Gasteiger charge is -2.18. The van der Waals surface area contributed by atoms with Crippen molar-refractivity contribution in [2.24, 2.45) is 5.92 Å². The van der Waals surface area contributed by atoms with Gasteiger partial charge in [-0.1, -0.05) is 252 Å². The highest BCUT2D eigenvalue weighted by Gasteiger charge is 2.19. The van der Waals surface area contributed by atoms with Crippen molar-refractivity contribution in [2.45, 2.75) is 297 Å². The Labute approximate surface area is 361 Å². The number of rotatable bonds is 47. The highest BCUT2D eigenvalue weighted by atomic mass is 16.6. The summed E-state index contributed by atoms with van der Waals surface area (Å²) in [5.41, 5.74) is 0. The highest BCUT2D eigenvalue weighted by molar-refractivity contribution is 5.71. The second-order valence-electron chi connectivity index (χ2n) is 18.3. The summed E-state index contributed by atoms with van der Waals surface area (Å²) in [6.45, 7) is 8.97. The molecule has 0 aromatic carbocycles. The van der Waals surface area contributed by atoms with Gasteiger partial charge in [0, 0.05) is 19.3 Å². The van der Waals surface area contributed by atoms with E-state index in [1.165, 1.54) is 186 Å². The average Bonchev–Trinajstić information content (AvgIpc) is 3.21. The maximum absolute atomic E-state index is 12.7. The Morgan fingerprint density at radius 2 is 0.569 bits per heavy atom. The summed E-state index contributed by atoms with van der Waals surface area (Å²) < 4.78 is 16.8. The number of hydrogen-bond donors (Lipinski definition) is 0. The SMILES string of the molecule is CCCCCCCCCCCCCCCCCCCCC(=O)OC[C@@H](COC(=O)CCCCCCCCCCCCCC)OC(=O)CCCCCCCCCC(C)C. The molecule has 0 rings (SSSR count). The Hall–Kier alpha value is -1.59. The molecule has 0 spiro atoms. The number of carbonyl (C=O) groups excluding carboxylic acids is 3. The molecule has 0 saturated carbocycles.